The van der Waals surface area contributed by atoms with E-state index in [1.54, 1.807) is 6.92 Å². The van der Waals surface area contributed by atoms with Gasteiger partial charge in [0.25, 0.3) is 0 Å². The second-order valence-corrected chi connectivity index (χ2v) is 2.93. The third kappa shape index (κ3) is 9.48. The quantitative estimate of drug-likeness (QED) is 0.327. The molecule has 0 radical (unpaired) electrons. The average molecular weight is 204 g/mol. The van der Waals surface area contributed by atoms with Crippen LogP contribution in [0, 0.1) is 0 Å². The van der Waals surface area contributed by atoms with E-state index < -0.39 is 0 Å². The smallest absolute Gasteiger partial charge is 0.342 e. The van der Waals surface area contributed by atoms with Crippen molar-refractivity contribution >= 4 is 5.97 Å². The first kappa shape index (κ1) is 13.4. The van der Waals surface area contributed by atoms with Gasteiger partial charge in [0, 0.05) is 13.2 Å². The maximum absolute atomic E-state index is 10.9. The zero-order chi connectivity index (χ0) is 10.6. The van der Waals surface area contributed by atoms with Crippen LogP contribution in [0.4, 0.5) is 0 Å². The zero-order valence-corrected chi connectivity index (χ0v) is 9.08. The van der Waals surface area contributed by atoms with Crippen molar-refractivity contribution in [3.05, 3.63) is 0 Å². The molecule has 0 aromatic heterocycles. The summed E-state index contributed by atoms with van der Waals surface area (Å²) in [5.74, 6) is -0.328. The van der Waals surface area contributed by atoms with E-state index in [9.17, 15) is 4.79 Å². The summed E-state index contributed by atoms with van der Waals surface area (Å²) in [5, 5.41) is 0. The van der Waals surface area contributed by atoms with Crippen molar-refractivity contribution in [2.45, 2.75) is 39.5 Å². The van der Waals surface area contributed by atoms with Crippen LogP contribution in [-0.4, -0.2) is 25.8 Å². The molecule has 0 aromatic rings. The molecule has 0 bridgehead atoms. The molecule has 0 unspecified atom stereocenters. The lowest BCUT2D eigenvalue weighted by Gasteiger charge is -2.02. The van der Waals surface area contributed by atoms with Gasteiger partial charge < -0.3 is 4.74 Å². The molecule has 0 aliphatic heterocycles. The molecule has 0 aromatic carbocycles. The van der Waals surface area contributed by atoms with Crippen molar-refractivity contribution in [2.75, 3.05) is 19.8 Å². The van der Waals surface area contributed by atoms with E-state index in [0.717, 1.165) is 19.4 Å². The highest BCUT2D eigenvalue weighted by Gasteiger charge is 2.02. The molecular weight excluding hydrogens is 184 g/mol. The van der Waals surface area contributed by atoms with Crippen LogP contribution >= 0.6 is 0 Å². The molecule has 0 amide bonds. The lowest BCUT2D eigenvalue weighted by atomic mass is 10.3. The Morgan fingerprint density at radius 1 is 1.14 bits per heavy atom. The standard InChI is InChI=1S/C10H20O4/c1-3-5-8-12-9-6-7-10(11)14-13-4-2/h3-9H2,1-2H3. The Hall–Kier alpha value is -0.610. The molecule has 0 aliphatic rings. The van der Waals surface area contributed by atoms with E-state index in [4.69, 9.17) is 4.74 Å². The molecular formula is C10H20O4. The van der Waals surface area contributed by atoms with Crippen LogP contribution in [0.25, 0.3) is 0 Å². The van der Waals surface area contributed by atoms with Gasteiger partial charge in [0.15, 0.2) is 0 Å². The number of unbranched alkanes of at least 4 members (excludes halogenated alkanes) is 1. The number of hydrogen-bond donors (Lipinski definition) is 0. The van der Waals surface area contributed by atoms with Gasteiger partial charge in [-0.2, -0.15) is 4.89 Å². The van der Waals surface area contributed by atoms with Gasteiger partial charge >= 0.3 is 5.97 Å². The van der Waals surface area contributed by atoms with E-state index in [2.05, 4.69) is 16.7 Å². The molecule has 14 heavy (non-hydrogen) atoms. The molecule has 0 fully saturated rings. The summed E-state index contributed by atoms with van der Waals surface area (Å²) < 4.78 is 5.28. The Morgan fingerprint density at radius 3 is 2.50 bits per heavy atom. The number of carbonyl (C=O) groups excluding carboxylic acids is 1. The van der Waals surface area contributed by atoms with Crippen molar-refractivity contribution in [3.8, 4) is 0 Å². The normalized spacial score (nSPS) is 10.1. The molecule has 0 spiro atoms. The first-order valence-electron chi connectivity index (χ1n) is 5.21. The lowest BCUT2D eigenvalue weighted by molar-refractivity contribution is -0.269. The molecule has 0 N–H and O–H groups in total. The van der Waals surface area contributed by atoms with Gasteiger partial charge in [0.2, 0.25) is 0 Å². The highest BCUT2D eigenvalue weighted by molar-refractivity contribution is 5.68. The van der Waals surface area contributed by atoms with Crippen LogP contribution in [0.3, 0.4) is 0 Å². The van der Waals surface area contributed by atoms with E-state index in [0.29, 0.717) is 26.1 Å². The van der Waals surface area contributed by atoms with Crippen molar-refractivity contribution in [1.82, 2.24) is 0 Å². The number of rotatable bonds is 9. The van der Waals surface area contributed by atoms with Gasteiger partial charge in [0.05, 0.1) is 13.0 Å². The molecule has 0 saturated carbocycles. The Balaban J connectivity index is 3.07. The largest absolute Gasteiger partial charge is 0.381 e. The number of ether oxygens (including phenoxy) is 1. The second-order valence-electron chi connectivity index (χ2n) is 2.93. The van der Waals surface area contributed by atoms with E-state index in [-0.39, 0.29) is 5.97 Å². The SMILES string of the molecule is CCCCOCCCC(=O)OOCC. The second kappa shape index (κ2) is 10.5. The van der Waals surface area contributed by atoms with Crippen LogP contribution in [0.2, 0.25) is 0 Å². The fourth-order valence-electron chi connectivity index (χ4n) is 0.833. The summed E-state index contributed by atoms with van der Waals surface area (Å²) in [6, 6.07) is 0. The Kier molecular flexibility index (Phi) is 10.0. The van der Waals surface area contributed by atoms with Gasteiger partial charge in [-0.15, -0.1) is 0 Å². The molecule has 0 saturated heterocycles. The van der Waals surface area contributed by atoms with Crippen molar-refractivity contribution in [1.29, 1.82) is 0 Å². The summed E-state index contributed by atoms with van der Waals surface area (Å²) in [6.45, 7) is 5.65. The molecule has 4 nitrogen and oxygen atoms in total. The summed E-state index contributed by atoms with van der Waals surface area (Å²) in [4.78, 5) is 19.8. The van der Waals surface area contributed by atoms with E-state index in [1.165, 1.54) is 0 Å². The summed E-state index contributed by atoms with van der Waals surface area (Å²) in [5.41, 5.74) is 0. The molecule has 4 heteroatoms. The van der Waals surface area contributed by atoms with Gasteiger partial charge in [0.1, 0.15) is 0 Å². The highest BCUT2D eigenvalue weighted by Crippen LogP contribution is 1.96. The number of hydrogen-bond acceptors (Lipinski definition) is 4. The molecule has 0 rings (SSSR count). The van der Waals surface area contributed by atoms with Crippen LogP contribution in [0.5, 0.6) is 0 Å². The minimum atomic E-state index is -0.328. The lowest BCUT2D eigenvalue weighted by Crippen LogP contribution is -2.07. The fraction of sp³-hybridized carbons (Fsp3) is 0.900. The first-order chi connectivity index (χ1) is 6.81. The van der Waals surface area contributed by atoms with Crippen LogP contribution in [0.1, 0.15) is 39.5 Å². The predicted octanol–water partition coefficient (Wildman–Crippen LogP) is 2.08. The van der Waals surface area contributed by atoms with Gasteiger partial charge in [-0.25, -0.2) is 4.79 Å². The van der Waals surface area contributed by atoms with Crippen molar-refractivity contribution in [3.63, 3.8) is 0 Å². The third-order valence-electron chi connectivity index (χ3n) is 1.58. The minimum absolute atomic E-state index is 0.328. The minimum Gasteiger partial charge on any atom is -0.381 e. The monoisotopic (exact) mass is 204 g/mol. The summed E-state index contributed by atoms with van der Waals surface area (Å²) in [6.07, 6.45) is 3.25. The molecule has 84 valence electrons. The Bertz CT molecular complexity index is 136. The van der Waals surface area contributed by atoms with E-state index in [1.807, 2.05) is 0 Å². The molecule has 0 heterocycles. The first-order valence-corrected chi connectivity index (χ1v) is 5.21. The third-order valence-corrected chi connectivity index (χ3v) is 1.58. The Labute approximate surface area is 85.5 Å². The van der Waals surface area contributed by atoms with Crippen LogP contribution in [-0.2, 0) is 19.3 Å². The average Bonchev–Trinajstić information content (AvgIpc) is 2.20. The van der Waals surface area contributed by atoms with Gasteiger partial charge in [-0.3, -0.25) is 4.89 Å². The summed E-state index contributed by atoms with van der Waals surface area (Å²) >= 11 is 0. The topological polar surface area (TPSA) is 44.8 Å². The predicted molar refractivity (Wildman–Crippen MR) is 52.7 cm³/mol. The van der Waals surface area contributed by atoms with Crippen molar-refractivity contribution < 1.29 is 19.3 Å². The van der Waals surface area contributed by atoms with Crippen LogP contribution < -0.4 is 0 Å². The molecule has 0 aliphatic carbocycles. The van der Waals surface area contributed by atoms with E-state index >= 15 is 0 Å². The maximum atomic E-state index is 10.9. The fourth-order valence-corrected chi connectivity index (χ4v) is 0.833. The highest BCUT2D eigenvalue weighted by atomic mass is 17.2. The van der Waals surface area contributed by atoms with Crippen LogP contribution in [0.15, 0.2) is 0 Å². The number of carbonyl (C=O) groups is 1. The van der Waals surface area contributed by atoms with Gasteiger partial charge in [-0.05, 0) is 19.8 Å². The van der Waals surface area contributed by atoms with Gasteiger partial charge in [-0.1, -0.05) is 13.3 Å². The maximum Gasteiger partial charge on any atom is 0.342 e. The Morgan fingerprint density at radius 2 is 1.86 bits per heavy atom. The summed E-state index contributed by atoms with van der Waals surface area (Å²) in [7, 11) is 0. The molecule has 0 atom stereocenters. The van der Waals surface area contributed by atoms with Crippen molar-refractivity contribution in [2.24, 2.45) is 0 Å². The zero-order valence-electron chi connectivity index (χ0n) is 9.08.